The van der Waals surface area contributed by atoms with E-state index in [2.05, 4.69) is 25.8 Å². The van der Waals surface area contributed by atoms with Crippen molar-refractivity contribution in [3.63, 3.8) is 0 Å². The van der Waals surface area contributed by atoms with Gasteiger partial charge in [-0.3, -0.25) is 19.3 Å². The van der Waals surface area contributed by atoms with Crippen LogP contribution in [0.2, 0.25) is 5.02 Å². The fourth-order valence-electron chi connectivity index (χ4n) is 7.29. The van der Waals surface area contributed by atoms with Crippen LogP contribution in [0.1, 0.15) is 95.3 Å². The van der Waals surface area contributed by atoms with E-state index >= 15 is 0 Å². The number of rotatable bonds is 15. The molecule has 1 unspecified atom stereocenters. The molecule has 0 radical (unpaired) electrons. The average Bonchev–Trinajstić information content (AvgIpc) is 3.89. The molecule has 5 rings (SSSR count). The predicted octanol–water partition coefficient (Wildman–Crippen LogP) is 5.38. The van der Waals surface area contributed by atoms with Crippen LogP contribution in [0.5, 0.6) is 5.75 Å². The highest BCUT2D eigenvalue weighted by Crippen LogP contribution is 2.45. The van der Waals surface area contributed by atoms with Gasteiger partial charge in [0.2, 0.25) is 11.8 Å². The number of carboxylic acid groups (broad SMARTS) is 1. The molecule has 16 nitrogen and oxygen atoms in total. The SMILES string of the molecule is CCC(C(=O)O)n1cc(CN(C)Cc2ccc([C@H]3O[C@@H]3[C@@H](C)[C@@H]3CC=CC(=O)N[C@H](Cc4ccc(OC)c(Cl)c4)C(=O)NCC(C)(C)C(=O)O[C@@H](CC(C)C)C(=O)O3)cc2)nn1. The number of amides is 2. The Morgan fingerprint density at radius 3 is 2.42 bits per heavy atom. The van der Waals surface area contributed by atoms with Gasteiger partial charge in [-0.1, -0.05) is 80.9 Å². The van der Waals surface area contributed by atoms with Gasteiger partial charge in [-0.25, -0.2) is 14.3 Å². The molecule has 0 aliphatic carbocycles. The molecular weight excluding hydrogens is 820 g/mol. The number of methoxy groups -OCH3 is 1. The van der Waals surface area contributed by atoms with Gasteiger partial charge in [0.25, 0.3) is 0 Å². The van der Waals surface area contributed by atoms with Gasteiger partial charge in [-0.15, -0.1) is 5.10 Å². The van der Waals surface area contributed by atoms with Crippen molar-refractivity contribution in [2.24, 2.45) is 17.3 Å². The summed E-state index contributed by atoms with van der Waals surface area (Å²) in [7, 11) is 3.44. The maximum Gasteiger partial charge on any atom is 0.347 e. The third-order valence-corrected chi connectivity index (χ3v) is 11.3. The average molecular weight is 879 g/mol. The molecule has 2 amide bonds. The normalized spacial score (nSPS) is 23.2. The number of epoxide rings is 1. The summed E-state index contributed by atoms with van der Waals surface area (Å²) in [6, 6.07) is 11.3. The molecule has 1 fully saturated rings. The highest BCUT2D eigenvalue weighted by Gasteiger charge is 2.48. The number of halogens is 1. The minimum absolute atomic E-state index is 0.0209. The summed E-state index contributed by atoms with van der Waals surface area (Å²) in [4.78, 5) is 68.0. The van der Waals surface area contributed by atoms with Crippen molar-refractivity contribution in [3.05, 3.63) is 88.2 Å². The summed E-state index contributed by atoms with van der Waals surface area (Å²) < 4.78 is 24.8. The molecule has 3 heterocycles. The van der Waals surface area contributed by atoms with Crippen molar-refractivity contribution >= 4 is 41.3 Å². The molecule has 2 aromatic carbocycles. The highest BCUT2D eigenvalue weighted by molar-refractivity contribution is 6.32. The molecule has 0 spiro atoms. The first-order valence-electron chi connectivity index (χ1n) is 20.9. The van der Waals surface area contributed by atoms with E-state index in [9.17, 15) is 29.1 Å². The van der Waals surface area contributed by atoms with Crippen LogP contribution in [0, 0.1) is 17.3 Å². The molecular formula is C45H59ClN6O10. The maximum atomic E-state index is 13.9. The maximum absolute atomic E-state index is 13.9. The second-order valence-electron chi connectivity index (χ2n) is 17.2. The first-order chi connectivity index (χ1) is 29.4. The van der Waals surface area contributed by atoms with Crippen LogP contribution in [0.15, 0.2) is 60.8 Å². The van der Waals surface area contributed by atoms with E-state index in [1.165, 1.54) is 17.9 Å². The van der Waals surface area contributed by atoms with Gasteiger partial charge in [0, 0.05) is 38.4 Å². The topological polar surface area (TPSA) is 204 Å². The lowest BCUT2D eigenvalue weighted by Crippen LogP contribution is -2.51. The van der Waals surface area contributed by atoms with Gasteiger partial charge in [-0.2, -0.15) is 0 Å². The Morgan fingerprint density at radius 2 is 1.77 bits per heavy atom. The second-order valence-corrected chi connectivity index (χ2v) is 17.6. The molecule has 0 bridgehead atoms. The van der Waals surface area contributed by atoms with Crippen LogP contribution >= 0.6 is 11.6 Å². The first kappa shape index (κ1) is 47.7. The fourth-order valence-corrected chi connectivity index (χ4v) is 7.57. The van der Waals surface area contributed by atoms with Crippen LogP contribution < -0.4 is 15.4 Å². The summed E-state index contributed by atoms with van der Waals surface area (Å²) >= 11 is 6.36. The Balaban J connectivity index is 1.30. The highest BCUT2D eigenvalue weighted by atomic mass is 35.5. The quantitative estimate of drug-likeness (QED) is 0.130. The van der Waals surface area contributed by atoms with Crippen LogP contribution in [0.4, 0.5) is 0 Å². The number of hydrogen-bond donors (Lipinski definition) is 3. The van der Waals surface area contributed by atoms with Crippen molar-refractivity contribution in [2.75, 3.05) is 20.7 Å². The number of carbonyl (C=O) groups excluding carboxylic acids is 4. The lowest BCUT2D eigenvalue weighted by atomic mass is 9.92. The number of esters is 2. The van der Waals surface area contributed by atoms with E-state index in [4.69, 9.17) is 30.5 Å². The summed E-state index contributed by atoms with van der Waals surface area (Å²) in [5.74, 6) is -3.29. The molecule has 336 valence electrons. The minimum Gasteiger partial charge on any atom is -0.495 e. The molecule has 7 atom stereocenters. The number of cyclic esters (lactones) is 2. The first-order valence-corrected chi connectivity index (χ1v) is 21.3. The minimum atomic E-state index is -1.24. The van der Waals surface area contributed by atoms with Gasteiger partial charge in [0.05, 0.1) is 35.5 Å². The fraction of sp³-hybridized carbons (Fsp3) is 0.533. The van der Waals surface area contributed by atoms with E-state index in [-0.39, 0.29) is 49.9 Å². The summed E-state index contributed by atoms with van der Waals surface area (Å²) in [5, 5.41) is 23.5. The zero-order valence-electron chi connectivity index (χ0n) is 36.6. The summed E-state index contributed by atoms with van der Waals surface area (Å²) in [6.07, 6.45) is 2.89. The number of benzene rings is 2. The molecule has 2 aliphatic heterocycles. The number of carbonyl (C=O) groups is 5. The Morgan fingerprint density at radius 1 is 1.06 bits per heavy atom. The molecule has 3 N–H and O–H groups in total. The number of ether oxygens (including phenoxy) is 4. The largest absolute Gasteiger partial charge is 0.495 e. The molecule has 1 aromatic heterocycles. The van der Waals surface area contributed by atoms with Gasteiger partial charge in [-0.05, 0) is 74.6 Å². The van der Waals surface area contributed by atoms with Gasteiger partial charge < -0.3 is 34.7 Å². The molecule has 0 saturated carbocycles. The van der Waals surface area contributed by atoms with Crippen LogP contribution in [-0.4, -0.2) is 99.8 Å². The lowest BCUT2D eigenvalue weighted by molar-refractivity contribution is -0.179. The Kier molecular flexibility index (Phi) is 16.3. The van der Waals surface area contributed by atoms with Crippen molar-refractivity contribution in [1.82, 2.24) is 30.5 Å². The molecule has 17 heteroatoms. The Hall–Kier alpha value is -5.32. The third-order valence-electron chi connectivity index (χ3n) is 11.0. The van der Waals surface area contributed by atoms with Crippen molar-refractivity contribution < 1.29 is 48.0 Å². The van der Waals surface area contributed by atoms with E-state index in [1.807, 2.05) is 52.1 Å². The Bertz CT molecular complexity index is 2090. The van der Waals surface area contributed by atoms with Crippen LogP contribution in [0.3, 0.4) is 0 Å². The molecule has 62 heavy (non-hydrogen) atoms. The zero-order valence-corrected chi connectivity index (χ0v) is 37.4. The van der Waals surface area contributed by atoms with Crippen LogP contribution in [-0.2, 0) is 57.7 Å². The second kappa shape index (κ2) is 21.2. The zero-order chi connectivity index (χ0) is 45.3. The lowest BCUT2D eigenvalue weighted by Gasteiger charge is -2.29. The number of carboxylic acids is 1. The van der Waals surface area contributed by atoms with Gasteiger partial charge >= 0.3 is 17.9 Å². The van der Waals surface area contributed by atoms with Crippen molar-refractivity contribution in [2.45, 2.75) is 117 Å². The predicted molar refractivity (Wildman–Crippen MR) is 229 cm³/mol. The van der Waals surface area contributed by atoms with E-state index in [0.29, 0.717) is 41.5 Å². The summed E-state index contributed by atoms with van der Waals surface area (Å²) in [5.41, 5.74) is 2.09. The summed E-state index contributed by atoms with van der Waals surface area (Å²) in [6.45, 7) is 11.7. The third kappa shape index (κ3) is 12.9. The number of hydrogen-bond acceptors (Lipinski definition) is 12. The van der Waals surface area contributed by atoms with E-state index < -0.39 is 59.4 Å². The number of nitrogens with zero attached hydrogens (tertiary/aromatic N) is 4. The van der Waals surface area contributed by atoms with Crippen LogP contribution in [0.25, 0.3) is 0 Å². The van der Waals surface area contributed by atoms with Crippen molar-refractivity contribution in [3.8, 4) is 5.75 Å². The Labute approximate surface area is 367 Å². The van der Waals surface area contributed by atoms with E-state index in [0.717, 1.165) is 11.1 Å². The monoisotopic (exact) mass is 878 g/mol. The van der Waals surface area contributed by atoms with E-state index in [1.54, 1.807) is 51.2 Å². The van der Waals surface area contributed by atoms with Gasteiger partial charge in [0.15, 0.2) is 12.1 Å². The molecule has 2 aliphatic rings. The van der Waals surface area contributed by atoms with Crippen molar-refractivity contribution in [1.29, 1.82) is 0 Å². The number of aromatic nitrogens is 3. The smallest absolute Gasteiger partial charge is 0.347 e. The molecule has 3 aromatic rings. The number of aliphatic carboxylic acids is 1. The van der Waals surface area contributed by atoms with Gasteiger partial charge in [0.1, 0.15) is 24.0 Å². The number of nitrogens with one attached hydrogen (secondary N) is 2. The molecule has 1 saturated heterocycles. The standard InChI is InChI=1S/C45H59ClN6O10/c1-9-34(42(55)56)52-24-31(49-50-52)23-51(7)22-28-13-16-30(17-14-28)40-39(62-40)27(4)35-11-10-12-38(53)48-33(21-29-15-18-36(59-8)32(46)20-29)41(54)47-25-45(5,6)44(58)61-37(19-26(2)3)43(57)60-35/h10,12-18,20,24,26-27,33-35,37,39-40H,9,11,19,21-23,25H2,1-8H3,(H,47,54)(H,48,53)(H,55,56)/t27-,33+,34?,35-,37-,39+,40+/m0/s1.